The Hall–Kier alpha value is -2.95. The number of carbonyl (C=O) groups excluding carboxylic acids is 1. The van der Waals surface area contributed by atoms with Crippen LogP contribution in [-0.2, 0) is 11.3 Å². The van der Waals surface area contributed by atoms with Crippen LogP contribution in [0, 0.1) is 6.92 Å². The molecule has 0 saturated carbocycles. The fraction of sp³-hybridized carbons (Fsp3) is 0.211. The molecule has 0 atom stereocenters. The van der Waals surface area contributed by atoms with E-state index in [0.29, 0.717) is 18.3 Å². The van der Waals surface area contributed by atoms with Crippen LogP contribution in [0.15, 0.2) is 53.1 Å². The molecular formula is C19H17N3O2. The third-order valence-electron chi connectivity index (χ3n) is 4.41. The van der Waals surface area contributed by atoms with Crippen LogP contribution < -0.4 is 0 Å². The number of likely N-dealkylation sites (N-methyl/N-ethyl adjacent to an activating group) is 1. The maximum absolute atomic E-state index is 13.1. The first-order valence-electron chi connectivity index (χ1n) is 7.87. The highest BCUT2D eigenvalue weighted by atomic mass is 16.5. The van der Waals surface area contributed by atoms with Crippen molar-refractivity contribution in [3.63, 3.8) is 0 Å². The Morgan fingerprint density at radius 3 is 2.21 bits per heavy atom. The van der Waals surface area contributed by atoms with Crippen LogP contribution >= 0.6 is 0 Å². The van der Waals surface area contributed by atoms with Gasteiger partial charge in [-0.1, -0.05) is 53.7 Å². The summed E-state index contributed by atoms with van der Waals surface area (Å²) in [4.78, 5) is 19.0. The number of rotatable bonds is 3. The van der Waals surface area contributed by atoms with Crippen molar-refractivity contribution in [2.24, 2.45) is 0 Å². The molecule has 0 unspecified atom stereocenters. The highest BCUT2D eigenvalue weighted by molar-refractivity contribution is 5.96. The van der Waals surface area contributed by atoms with E-state index in [1.165, 1.54) is 0 Å². The third kappa shape index (κ3) is 2.29. The van der Waals surface area contributed by atoms with Crippen LogP contribution in [0.2, 0.25) is 0 Å². The molecule has 0 spiro atoms. The fourth-order valence-electron chi connectivity index (χ4n) is 3.34. The molecule has 120 valence electrons. The zero-order valence-corrected chi connectivity index (χ0v) is 13.6. The number of fused-ring (bicyclic) bond motifs is 3. The highest BCUT2D eigenvalue weighted by Crippen LogP contribution is 2.45. The van der Waals surface area contributed by atoms with Gasteiger partial charge in [0.15, 0.2) is 5.82 Å². The Kier molecular flexibility index (Phi) is 3.41. The number of hydrogen-bond donors (Lipinski definition) is 0. The summed E-state index contributed by atoms with van der Waals surface area (Å²) in [6, 6.07) is 16.2. The highest BCUT2D eigenvalue weighted by Gasteiger charge is 2.35. The van der Waals surface area contributed by atoms with Gasteiger partial charge in [-0.05, 0) is 22.3 Å². The molecule has 0 radical (unpaired) electrons. The van der Waals surface area contributed by atoms with E-state index in [9.17, 15) is 4.79 Å². The summed E-state index contributed by atoms with van der Waals surface area (Å²) in [5.74, 6) is 0.774. The average Bonchev–Trinajstić information content (AvgIpc) is 3.15. The van der Waals surface area contributed by atoms with E-state index < -0.39 is 0 Å². The summed E-state index contributed by atoms with van der Waals surface area (Å²) < 4.78 is 4.98. The summed E-state index contributed by atoms with van der Waals surface area (Å²) in [7, 11) is 1.78. The molecule has 0 N–H and O–H groups in total. The standard InChI is InChI=1S/C19H17N3O2/c1-12-20-17(21-24-12)11-22(2)19(23)18-15-9-5-3-7-13(15)14-8-4-6-10-16(14)18/h3-10,18H,11H2,1-2H3. The van der Waals surface area contributed by atoms with Gasteiger partial charge in [0.25, 0.3) is 0 Å². The molecule has 2 aromatic carbocycles. The molecule has 5 heteroatoms. The lowest BCUT2D eigenvalue weighted by atomic mass is 9.95. The molecule has 4 rings (SSSR count). The Labute approximate surface area is 139 Å². The first-order valence-corrected chi connectivity index (χ1v) is 7.87. The predicted octanol–water partition coefficient (Wildman–Crippen LogP) is 3.15. The lowest BCUT2D eigenvalue weighted by Crippen LogP contribution is -2.31. The molecule has 1 aromatic heterocycles. The van der Waals surface area contributed by atoms with Gasteiger partial charge in [0.1, 0.15) is 0 Å². The normalized spacial score (nSPS) is 12.8. The second kappa shape index (κ2) is 5.60. The summed E-state index contributed by atoms with van der Waals surface area (Å²) >= 11 is 0. The van der Waals surface area contributed by atoms with Gasteiger partial charge in [-0.25, -0.2) is 0 Å². The van der Waals surface area contributed by atoms with Crippen molar-refractivity contribution in [3.8, 4) is 11.1 Å². The summed E-state index contributed by atoms with van der Waals surface area (Å²) in [6.45, 7) is 2.07. The average molecular weight is 319 g/mol. The van der Waals surface area contributed by atoms with Gasteiger partial charge in [0.05, 0.1) is 12.5 Å². The molecule has 1 aliphatic carbocycles. The van der Waals surface area contributed by atoms with E-state index in [4.69, 9.17) is 4.52 Å². The Bertz CT molecular complexity index is 871. The van der Waals surface area contributed by atoms with Crippen LogP contribution in [0.3, 0.4) is 0 Å². The number of nitrogens with zero attached hydrogens (tertiary/aromatic N) is 3. The molecule has 5 nitrogen and oxygen atoms in total. The Balaban J connectivity index is 1.69. The van der Waals surface area contributed by atoms with Crippen molar-refractivity contribution in [2.45, 2.75) is 19.4 Å². The second-order valence-corrected chi connectivity index (χ2v) is 6.03. The van der Waals surface area contributed by atoms with Crippen molar-refractivity contribution in [2.75, 3.05) is 7.05 Å². The van der Waals surface area contributed by atoms with Crippen LogP contribution in [0.25, 0.3) is 11.1 Å². The molecule has 0 saturated heterocycles. The molecule has 1 amide bonds. The van der Waals surface area contributed by atoms with Gasteiger partial charge >= 0.3 is 0 Å². The zero-order valence-electron chi connectivity index (χ0n) is 13.6. The number of aryl methyl sites for hydroxylation is 1. The predicted molar refractivity (Wildman–Crippen MR) is 89.2 cm³/mol. The van der Waals surface area contributed by atoms with E-state index in [-0.39, 0.29) is 11.8 Å². The maximum atomic E-state index is 13.1. The van der Waals surface area contributed by atoms with Crippen molar-refractivity contribution >= 4 is 5.91 Å². The SMILES string of the molecule is Cc1nc(CN(C)C(=O)C2c3ccccc3-c3ccccc32)no1. The molecule has 3 aromatic rings. The lowest BCUT2D eigenvalue weighted by molar-refractivity contribution is -0.131. The summed E-state index contributed by atoms with van der Waals surface area (Å²) in [5.41, 5.74) is 4.38. The Morgan fingerprint density at radius 2 is 1.67 bits per heavy atom. The van der Waals surface area contributed by atoms with Crippen LogP contribution in [-0.4, -0.2) is 28.0 Å². The van der Waals surface area contributed by atoms with Crippen molar-refractivity contribution in [3.05, 3.63) is 71.4 Å². The zero-order chi connectivity index (χ0) is 16.7. The van der Waals surface area contributed by atoms with E-state index in [1.54, 1.807) is 18.9 Å². The fourth-order valence-corrected chi connectivity index (χ4v) is 3.34. The second-order valence-electron chi connectivity index (χ2n) is 6.03. The van der Waals surface area contributed by atoms with Gasteiger partial charge in [0.2, 0.25) is 11.8 Å². The van der Waals surface area contributed by atoms with Crippen molar-refractivity contribution in [1.29, 1.82) is 0 Å². The summed E-state index contributed by atoms with van der Waals surface area (Å²) in [5, 5.41) is 3.87. The minimum absolute atomic E-state index is 0.0369. The van der Waals surface area contributed by atoms with E-state index in [2.05, 4.69) is 22.3 Å². The molecule has 0 aliphatic heterocycles. The number of aromatic nitrogens is 2. The molecule has 1 heterocycles. The van der Waals surface area contributed by atoms with Crippen molar-refractivity contribution < 1.29 is 9.32 Å². The number of hydrogen-bond acceptors (Lipinski definition) is 4. The maximum Gasteiger partial charge on any atom is 0.234 e. The quantitative estimate of drug-likeness (QED) is 0.744. The largest absolute Gasteiger partial charge is 0.340 e. The minimum Gasteiger partial charge on any atom is -0.340 e. The molecule has 0 bridgehead atoms. The molecule has 24 heavy (non-hydrogen) atoms. The minimum atomic E-state index is -0.282. The first-order chi connectivity index (χ1) is 11.6. The first kappa shape index (κ1) is 14.6. The van der Waals surface area contributed by atoms with Crippen LogP contribution in [0.5, 0.6) is 0 Å². The number of amides is 1. The van der Waals surface area contributed by atoms with Gasteiger partial charge in [-0.3, -0.25) is 4.79 Å². The van der Waals surface area contributed by atoms with E-state index in [1.807, 2.05) is 36.4 Å². The van der Waals surface area contributed by atoms with Gasteiger partial charge < -0.3 is 9.42 Å². The van der Waals surface area contributed by atoms with Crippen molar-refractivity contribution in [1.82, 2.24) is 15.0 Å². The Morgan fingerprint density at radius 1 is 1.08 bits per heavy atom. The van der Waals surface area contributed by atoms with Gasteiger partial charge in [-0.2, -0.15) is 4.98 Å². The third-order valence-corrected chi connectivity index (χ3v) is 4.41. The molecular weight excluding hydrogens is 302 g/mol. The van der Waals surface area contributed by atoms with Crippen LogP contribution in [0.1, 0.15) is 28.8 Å². The van der Waals surface area contributed by atoms with E-state index >= 15 is 0 Å². The molecule has 0 fully saturated rings. The smallest absolute Gasteiger partial charge is 0.234 e. The monoisotopic (exact) mass is 319 g/mol. The summed E-state index contributed by atoms with van der Waals surface area (Å²) in [6.07, 6.45) is 0. The lowest BCUT2D eigenvalue weighted by Gasteiger charge is -2.21. The van der Waals surface area contributed by atoms with E-state index in [0.717, 1.165) is 22.3 Å². The molecule has 1 aliphatic rings. The topological polar surface area (TPSA) is 59.2 Å². The van der Waals surface area contributed by atoms with Crippen LogP contribution in [0.4, 0.5) is 0 Å². The van der Waals surface area contributed by atoms with Gasteiger partial charge in [0, 0.05) is 14.0 Å². The number of carbonyl (C=O) groups is 1. The number of benzene rings is 2. The van der Waals surface area contributed by atoms with Gasteiger partial charge in [-0.15, -0.1) is 0 Å².